The predicted octanol–water partition coefficient (Wildman–Crippen LogP) is 2.69. The summed E-state index contributed by atoms with van der Waals surface area (Å²) in [5.41, 5.74) is 1.21. The zero-order valence-corrected chi connectivity index (χ0v) is 10.0. The van der Waals surface area contributed by atoms with Crippen LogP contribution >= 0.6 is 0 Å². The minimum absolute atomic E-state index is 0.163. The van der Waals surface area contributed by atoms with E-state index >= 15 is 0 Å². The summed E-state index contributed by atoms with van der Waals surface area (Å²) in [6.45, 7) is 3.16. The molecule has 94 valence electrons. The van der Waals surface area contributed by atoms with Crippen LogP contribution in [0.2, 0.25) is 0 Å². The van der Waals surface area contributed by atoms with E-state index in [0.29, 0.717) is 24.6 Å². The van der Waals surface area contributed by atoms with Crippen LogP contribution in [0.1, 0.15) is 23.7 Å². The maximum absolute atomic E-state index is 13.8. The highest BCUT2D eigenvalue weighted by Gasteiger charge is 2.24. The third-order valence-corrected chi connectivity index (χ3v) is 3.09. The molecule has 2 aromatic rings. The van der Waals surface area contributed by atoms with E-state index in [1.165, 1.54) is 6.07 Å². The van der Waals surface area contributed by atoms with Crippen LogP contribution in [0.15, 0.2) is 22.7 Å². The van der Waals surface area contributed by atoms with Gasteiger partial charge < -0.3 is 9.26 Å². The minimum atomic E-state index is -0.340. The fourth-order valence-corrected chi connectivity index (χ4v) is 2.04. The lowest BCUT2D eigenvalue weighted by Crippen LogP contribution is -1.99. The number of rotatable bonds is 2. The monoisotopic (exact) mass is 248 g/mol. The molecule has 0 spiro atoms. The molecular weight excluding hydrogens is 235 g/mol. The zero-order chi connectivity index (χ0) is 12.5. The van der Waals surface area contributed by atoms with Crippen LogP contribution in [0.3, 0.4) is 0 Å². The molecule has 18 heavy (non-hydrogen) atoms. The minimum Gasteiger partial charge on any atom is -0.381 e. The molecule has 1 aliphatic heterocycles. The number of benzene rings is 1. The molecular formula is C13H13FN2O2. The predicted molar refractivity (Wildman–Crippen MR) is 62.6 cm³/mol. The summed E-state index contributed by atoms with van der Waals surface area (Å²) in [6, 6.07) is 4.94. The highest BCUT2D eigenvalue weighted by molar-refractivity contribution is 5.54. The molecule has 1 atom stereocenters. The summed E-state index contributed by atoms with van der Waals surface area (Å²) in [7, 11) is 0. The first-order valence-corrected chi connectivity index (χ1v) is 5.92. The second-order valence-corrected chi connectivity index (χ2v) is 4.50. The summed E-state index contributed by atoms with van der Waals surface area (Å²) in [5.74, 6) is 0.653. The van der Waals surface area contributed by atoms with Gasteiger partial charge in [-0.25, -0.2) is 4.39 Å². The van der Waals surface area contributed by atoms with E-state index in [4.69, 9.17) is 9.26 Å². The Morgan fingerprint density at radius 3 is 3.00 bits per heavy atom. The van der Waals surface area contributed by atoms with Gasteiger partial charge in [-0.2, -0.15) is 4.98 Å². The summed E-state index contributed by atoms with van der Waals surface area (Å²) in [4.78, 5) is 4.26. The number of halogens is 1. The normalized spacial score (nSPS) is 19.3. The molecule has 2 heterocycles. The molecule has 0 amide bonds. The summed E-state index contributed by atoms with van der Waals surface area (Å²) in [6.07, 6.45) is 0.884. The molecule has 4 nitrogen and oxygen atoms in total. The molecule has 1 aromatic carbocycles. The Bertz CT molecular complexity index is 562. The Morgan fingerprint density at radius 1 is 1.39 bits per heavy atom. The lowest BCUT2D eigenvalue weighted by Gasteiger charge is -1.99. The summed E-state index contributed by atoms with van der Waals surface area (Å²) < 4.78 is 24.2. The van der Waals surface area contributed by atoms with E-state index in [0.717, 1.165) is 12.0 Å². The third-order valence-electron chi connectivity index (χ3n) is 3.09. The third kappa shape index (κ3) is 2.01. The van der Waals surface area contributed by atoms with Crippen molar-refractivity contribution < 1.29 is 13.7 Å². The quantitative estimate of drug-likeness (QED) is 0.819. The Labute approximate surface area is 104 Å². The van der Waals surface area contributed by atoms with Crippen molar-refractivity contribution in [2.75, 3.05) is 13.2 Å². The number of nitrogens with zero attached hydrogens (tertiary/aromatic N) is 2. The van der Waals surface area contributed by atoms with Crippen molar-refractivity contribution in [1.29, 1.82) is 0 Å². The average molecular weight is 248 g/mol. The van der Waals surface area contributed by atoms with Crippen LogP contribution in [-0.4, -0.2) is 23.4 Å². The largest absolute Gasteiger partial charge is 0.381 e. The molecule has 0 N–H and O–H groups in total. The Kier molecular flexibility index (Phi) is 2.83. The van der Waals surface area contributed by atoms with Crippen LogP contribution in [-0.2, 0) is 4.74 Å². The van der Waals surface area contributed by atoms with Gasteiger partial charge in [0, 0.05) is 12.5 Å². The molecule has 5 heteroatoms. The number of ether oxygens (including phenoxy) is 1. The molecule has 0 bridgehead atoms. The van der Waals surface area contributed by atoms with Gasteiger partial charge in [0.15, 0.2) is 5.82 Å². The average Bonchev–Trinajstić information content (AvgIpc) is 2.99. The fraction of sp³-hybridized carbons (Fsp3) is 0.385. The van der Waals surface area contributed by atoms with Crippen molar-refractivity contribution in [3.63, 3.8) is 0 Å². The van der Waals surface area contributed by atoms with Crippen molar-refractivity contribution in [2.24, 2.45) is 0 Å². The smallest absolute Gasteiger partial charge is 0.260 e. The first-order chi connectivity index (χ1) is 8.74. The first kappa shape index (κ1) is 11.3. The number of aryl methyl sites for hydroxylation is 1. The molecule has 3 rings (SSSR count). The Hall–Kier alpha value is -1.75. The molecule has 1 unspecified atom stereocenters. The van der Waals surface area contributed by atoms with Gasteiger partial charge >= 0.3 is 0 Å². The van der Waals surface area contributed by atoms with Crippen LogP contribution in [0.5, 0.6) is 0 Å². The van der Waals surface area contributed by atoms with Crippen molar-refractivity contribution >= 4 is 0 Å². The van der Waals surface area contributed by atoms with E-state index in [1.807, 2.05) is 13.0 Å². The van der Waals surface area contributed by atoms with Crippen LogP contribution in [0, 0.1) is 12.7 Å². The second-order valence-electron chi connectivity index (χ2n) is 4.50. The topological polar surface area (TPSA) is 48.2 Å². The molecule has 1 saturated heterocycles. The van der Waals surface area contributed by atoms with Gasteiger partial charge in [-0.3, -0.25) is 0 Å². The Balaban J connectivity index is 1.92. The fourth-order valence-electron chi connectivity index (χ4n) is 2.04. The van der Waals surface area contributed by atoms with Gasteiger partial charge in [-0.15, -0.1) is 0 Å². The van der Waals surface area contributed by atoms with E-state index in [-0.39, 0.29) is 17.6 Å². The molecule has 0 aliphatic carbocycles. The van der Waals surface area contributed by atoms with Crippen molar-refractivity contribution in [2.45, 2.75) is 19.3 Å². The van der Waals surface area contributed by atoms with Gasteiger partial charge in [-0.1, -0.05) is 11.2 Å². The van der Waals surface area contributed by atoms with E-state index in [9.17, 15) is 4.39 Å². The highest BCUT2D eigenvalue weighted by Crippen LogP contribution is 2.27. The molecule has 1 fully saturated rings. The maximum atomic E-state index is 13.8. The Morgan fingerprint density at radius 2 is 2.28 bits per heavy atom. The van der Waals surface area contributed by atoms with Crippen molar-refractivity contribution in [3.8, 4) is 11.5 Å². The van der Waals surface area contributed by atoms with Crippen molar-refractivity contribution in [3.05, 3.63) is 35.4 Å². The van der Waals surface area contributed by atoms with E-state index in [2.05, 4.69) is 10.1 Å². The number of hydrogen-bond donors (Lipinski definition) is 0. The van der Waals surface area contributed by atoms with Crippen LogP contribution < -0.4 is 0 Å². The van der Waals surface area contributed by atoms with Crippen molar-refractivity contribution in [1.82, 2.24) is 10.1 Å². The van der Waals surface area contributed by atoms with Gasteiger partial charge in [0.25, 0.3) is 5.89 Å². The van der Waals surface area contributed by atoms with Crippen LogP contribution in [0.4, 0.5) is 4.39 Å². The van der Waals surface area contributed by atoms with Gasteiger partial charge in [-0.05, 0) is 31.0 Å². The summed E-state index contributed by atoms with van der Waals surface area (Å²) in [5, 5.41) is 3.91. The van der Waals surface area contributed by atoms with Gasteiger partial charge in [0.1, 0.15) is 5.82 Å². The molecule has 1 aliphatic rings. The first-order valence-electron chi connectivity index (χ1n) is 5.92. The standard InChI is InChI=1S/C13H13FN2O2/c1-8-2-3-10(11(14)6-8)13-15-12(16-18-13)9-4-5-17-7-9/h2-3,6,9H,4-5,7H2,1H3. The van der Waals surface area contributed by atoms with Gasteiger partial charge in [0.2, 0.25) is 0 Å². The van der Waals surface area contributed by atoms with Crippen LogP contribution in [0.25, 0.3) is 11.5 Å². The zero-order valence-electron chi connectivity index (χ0n) is 10.0. The molecule has 1 aromatic heterocycles. The number of hydrogen-bond acceptors (Lipinski definition) is 4. The van der Waals surface area contributed by atoms with Gasteiger partial charge in [0.05, 0.1) is 12.2 Å². The highest BCUT2D eigenvalue weighted by atomic mass is 19.1. The maximum Gasteiger partial charge on any atom is 0.260 e. The lowest BCUT2D eigenvalue weighted by atomic mass is 10.1. The summed E-state index contributed by atoms with van der Waals surface area (Å²) >= 11 is 0. The van der Waals surface area contributed by atoms with E-state index < -0.39 is 0 Å². The van der Waals surface area contributed by atoms with E-state index in [1.54, 1.807) is 6.07 Å². The molecule has 0 radical (unpaired) electrons. The second kappa shape index (κ2) is 4.49. The SMILES string of the molecule is Cc1ccc(-c2nc(C3CCOC3)no2)c(F)c1. The molecule has 0 saturated carbocycles. The lowest BCUT2D eigenvalue weighted by molar-refractivity contribution is 0.192. The number of aromatic nitrogens is 2.